The highest BCUT2D eigenvalue weighted by molar-refractivity contribution is 7.90. The summed E-state index contributed by atoms with van der Waals surface area (Å²) in [6.45, 7) is 5.14. The molecule has 2 aromatic rings. The maximum absolute atomic E-state index is 12.2. The predicted octanol–water partition coefficient (Wildman–Crippen LogP) is 3.80. The molecule has 2 rings (SSSR count). The molecule has 2 amide bonds. The smallest absolute Gasteiger partial charge is 0.333 e. The van der Waals surface area contributed by atoms with Gasteiger partial charge in [0.15, 0.2) is 0 Å². The van der Waals surface area contributed by atoms with Crippen LogP contribution < -0.4 is 14.8 Å². The standard InChI is InChI=1S/C18H19ClN2O5S/c1-18(2,3)16(22)26-14-6-4-5-13(11-14)20-17(23)21-27(24,25)15-9-7-12(19)8-10-15/h4-11H,1-3H3,(H2,20,21,23). The van der Waals surface area contributed by atoms with E-state index in [2.05, 4.69) is 5.32 Å². The van der Waals surface area contributed by atoms with E-state index in [-0.39, 0.29) is 16.3 Å². The number of carbonyl (C=O) groups is 2. The van der Waals surface area contributed by atoms with Crippen LogP contribution in [0.25, 0.3) is 0 Å². The van der Waals surface area contributed by atoms with Gasteiger partial charge in [0.1, 0.15) is 5.75 Å². The lowest BCUT2D eigenvalue weighted by atomic mass is 9.97. The summed E-state index contributed by atoms with van der Waals surface area (Å²) in [5.41, 5.74) is -0.425. The maximum Gasteiger partial charge on any atom is 0.333 e. The van der Waals surface area contributed by atoms with Gasteiger partial charge < -0.3 is 10.1 Å². The molecule has 2 N–H and O–H groups in total. The molecule has 0 fully saturated rings. The highest BCUT2D eigenvalue weighted by Crippen LogP contribution is 2.22. The number of nitrogens with one attached hydrogen (secondary N) is 2. The number of sulfonamides is 1. The molecule has 0 spiro atoms. The van der Waals surface area contributed by atoms with Crippen LogP contribution in [-0.2, 0) is 14.8 Å². The number of hydrogen-bond acceptors (Lipinski definition) is 5. The van der Waals surface area contributed by atoms with Gasteiger partial charge in [0.25, 0.3) is 10.0 Å². The number of urea groups is 1. The van der Waals surface area contributed by atoms with Crippen molar-refractivity contribution in [2.24, 2.45) is 5.41 Å². The second-order valence-electron chi connectivity index (χ2n) is 6.68. The Morgan fingerprint density at radius 3 is 2.26 bits per heavy atom. The van der Waals surface area contributed by atoms with Crippen molar-refractivity contribution in [2.75, 3.05) is 5.32 Å². The van der Waals surface area contributed by atoms with E-state index in [0.717, 1.165) is 0 Å². The fourth-order valence-corrected chi connectivity index (χ4v) is 2.88. The Balaban J connectivity index is 2.06. The second-order valence-corrected chi connectivity index (χ2v) is 8.80. The van der Waals surface area contributed by atoms with Gasteiger partial charge in [-0.3, -0.25) is 4.79 Å². The predicted molar refractivity (Wildman–Crippen MR) is 102 cm³/mol. The van der Waals surface area contributed by atoms with Gasteiger partial charge in [0, 0.05) is 16.8 Å². The van der Waals surface area contributed by atoms with Crippen LogP contribution in [0.4, 0.5) is 10.5 Å². The summed E-state index contributed by atoms with van der Waals surface area (Å²) >= 11 is 5.72. The van der Waals surface area contributed by atoms with Gasteiger partial charge in [-0.2, -0.15) is 0 Å². The Bertz CT molecular complexity index is 950. The number of rotatable bonds is 4. The maximum atomic E-state index is 12.2. The fourth-order valence-electron chi connectivity index (χ4n) is 1.85. The van der Waals surface area contributed by atoms with E-state index in [1.54, 1.807) is 32.9 Å². The molecule has 0 aliphatic heterocycles. The van der Waals surface area contributed by atoms with Crippen LogP contribution in [0.1, 0.15) is 20.8 Å². The minimum absolute atomic E-state index is 0.102. The highest BCUT2D eigenvalue weighted by Gasteiger charge is 2.24. The zero-order valence-electron chi connectivity index (χ0n) is 14.9. The summed E-state index contributed by atoms with van der Waals surface area (Å²) in [5, 5.41) is 2.76. The molecule has 0 unspecified atom stereocenters. The van der Waals surface area contributed by atoms with E-state index < -0.39 is 27.4 Å². The normalized spacial score (nSPS) is 11.6. The van der Waals surface area contributed by atoms with Gasteiger partial charge in [-0.1, -0.05) is 17.7 Å². The molecule has 0 aliphatic carbocycles. The van der Waals surface area contributed by atoms with Crippen LogP contribution in [0.15, 0.2) is 53.4 Å². The van der Waals surface area contributed by atoms with Gasteiger partial charge in [-0.15, -0.1) is 0 Å². The molecule has 0 heterocycles. The number of anilines is 1. The molecule has 144 valence electrons. The molecule has 9 heteroatoms. The molecule has 2 aromatic carbocycles. The Labute approximate surface area is 162 Å². The summed E-state index contributed by atoms with van der Waals surface area (Å²) in [4.78, 5) is 23.8. The van der Waals surface area contributed by atoms with Crippen molar-refractivity contribution in [1.82, 2.24) is 4.72 Å². The molecule has 0 saturated carbocycles. The number of benzene rings is 2. The molecule has 0 aromatic heterocycles. The summed E-state index contributed by atoms with van der Waals surface area (Å²) in [6, 6.07) is 10.5. The van der Waals surface area contributed by atoms with Crippen molar-refractivity contribution in [3.63, 3.8) is 0 Å². The molecule has 7 nitrogen and oxygen atoms in total. The summed E-state index contributed by atoms with van der Waals surface area (Å²) < 4.78 is 31.5. The molecule has 0 saturated heterocycles. The van der Waals surface area contributed by atoms with E-state index in [0.29, 0.717) is 5.02 Å². The fraction of sp³-hybridized carbons (Fsp3) is 0.222. The van der Waals surface area contributed by atoms with Crippen LogP contribution in [0.3, 0.4) is 0 Å². The minimum Gasteiger partial charge on any atom is -0.426 e. The van der Waals surface area contributed by atoms with Crippen LogP contribution >= 0.6 is 11.6 Å². The second kappa shape index (κ2) is 7.98. The van der Waals surface area contributed by atoms with Crippen molar-refractivity contribution in [1.29, 1.82) is 0 Å². The molecule has 27 heavy (non-hydrogen) atoms. The number of amides is 2. The van der Waals surface area contributed by atoms with Crippen molar-refractivity contribution >= 4 is 39.3 Å². The van der Waals surface area contributed by atoms with Crippen LogP contribution in [0.2, 0.25) is 5.02 Å². The third kappa shape index (κ3) is 5.97. The third-order valence-corrected chi connectivity index (χ3v) is 4.86. The molecule has 0 radical (unpaired) electrons. The Morgan fingerprint density at radius 2 is 1.67 bits per heavy atom. The first-order chi connectivity index (χ1) is 12.5. The largest absolute Gasteiger partial charge is 0.426 e. The van der Waals surface area contributed by atoms with E-state index in [1.807, 2.05) is 4.72 Å². The summed E-state index contributed by atoms with van der Waals surface area (Å²) in [5.74, 6) is -0.206. The Kier molecular flexibility index (Phi) is 6.12. The minimum atomic E-state index is -4.05. The number of halogens is 1. The first kappa shape index (κ1) is 20.7. The number of hydrogen-bond donors (Lipinski definition) is 2. The van der Waals surface area contributed by atoms with Crippen LogP contribution in [-0.4, -0.2) is 20.4 Å². The van der Waals surface area contributed by atoms with E-state index in [4.69, 9.17) is 16.3 Å². The lowest BCUT2D eigenvalue weighted by Crippen LogP contribution is -2.34. The number of ether oxygens (including phenoxy) is 1. The molecular weight excluding hydrogens is 392 g/mol. The zero-order chi connectivity index (χ0) is 20.2. The van der Waals surface area contributed by atoms with Crippen LogP contribution in [0, 0.1) is 5.41 Å². The lowest BCUT2D eigenvalue weighted by Gasteiger charge is -2.16. The molecule has 0 atom stereocenters. The van der Waals surface area contributed by atoms with Crippen LogP contribution in [0.5, 0.6) is 5.75 Å². The first-order valence-corrected chi connectivity index (χ1v) is 9.75. The van der Waals surface area contributed by atoms with Gasteiger partial charge in [0.05, 0.1) is 10.3 Å². The third-order valence-electron chi connectivity index (χ3n) is 3.27. The number of carbonyl (C=O) groups excluding carboxylic acids is 2. The Hall–Kier alpha value is -2.58. The molecule has 0 aliphatic rings. The van der Waals surface area contributed by atoms with Crippen molar-refractivity contribution in [3.05, 3.63) is 53.6 Å². The van der Waals surface area contributed by atoms with Crippen molar-refractivity contribution in [3.8, 4) is 5.75 Å². The lowest BCUT2D eigenvalue weighted by molar-refractivity contribution is -0.142. The monoisotopic (exact) mass is 410 g/mol. The van der Waals surface area contributed by atoms with E-state index in [1.165, 1.54) is 36.4 Å². The van der Waals surface area contributed by atoms with Crippen molar-refractivity contribution < 1.29 is 22.7 Å². The zero-order valence-corrected chi connectivity index (χ0v) is 16.5. The van der Waals surface area contributed by atoms with E-state index in [9.17, 15) is 18.0 Å². The average Bonchev–Trinajstić information content (AvgIpc) is 2.54. The van der Waals surface area contributed by atoms with Gasteiger partial charge in [0.2, 0.25) is 0 Å². The Morgan fingerprint density at radius 1 is 1.04 bits per heavy atom. The average molecular weight is 411 g/mol. The SMILES string of the molecule is CC(C)(C)C(=O)Oc1cccc(NC(=O)NS(=O)(=O)c2ccc(Cl)cc2)c1. The van der Waals surface area contributed by atoms with Gasteiger partial charge in [-0.25, -0.2) is 17.9 Å². The van der Waals surface area contributed by atoms with Gasteiger partial charge >= 0.3 is 12.0 Å². The quantitative estimate of drug-likeness (QED) is 0.589. The highest BCUT2D eigenvalue weighted by atomic mass is 35.5. The molecular formula is C18H19ClN2O5S. The number of esters is 1. The van der Waals surface area contributed by atoms with E-state index >= 15 is 0 Å². The van der Waals surface area contributed by atoms with Crippen molar-refractivity contribution in [2.45, 2.75) is 25.7 Å². The summed E-state index contributed by atoms with van der Waals surface area (Å²) in [6.07, 6.45) is 0. The molecule has 0 bridgehead atoms. The van der Waals surface area contributed by atoms with Gasteiger partial charge in [-0.05, 0) is 57.2 Å². The summed E-state index contributed by atoms with van der Waals surface area (Å²) in [7, 11) is -4.05. The first-order valence-electron chi connectivity index (χ1n) is 7.89. The topological polar surface area (TPSA) is 102 Å².